The third-order valence-electron chi connectivity index (χ3n) is 2.74. The summed E-state index contributed by atoms with van der Waals surface area (Å²) in [6.45, 7) is 5.95. The molecule has 1 N–H and O–H groups in total. The van der Waals surface area contributed by atoms with Crippen molar-refractivity contribution in [2.45, 2.75) is 64.7 Å². The van der Waals surface area contributed by atoms with Crippen molar-refractivity contribution in [1.82, 2.24) is 10.6 Å². The van der Waals surface area contributed by atoms with E-state index in [2.05, 4.69) is 12.0 Å². The number of hydroxylamine groups is 1. The molecule has 4 nitrogen and oxygen atoms in total. The molecule has 0 fully saturated rings. The fraction of sp³-hybridized carbons (Fsp3) is 0.786. The standard InChI is InChI=1S/C14H27N2O2/c1-3-5-6-7-8-9-10-11-12-14(17)15-16(18)13-4-2/h3H,1,4-13H2,2H3,(H,15,17)/q-1. The van der Waals surface area contributed by atoms with E-state index in [1.807, 2.05) is 13.0 Å². The van der Waals surface area contributed by atoms with Crippen molar-refractivity contribution >= 4 is 5.91 Å². The fourth-order valence-electron chi connectivity index (χ4n) is 1.74. The first-order valence-electron chi connectivity index (χ1n) is 7.05. The summed E-state index contributed by atoms with van der Waals surface area (Å²) in [5.74, 6) is -0.162. The van der Waals surface area contributed by atoms with Crippen LogP contribution in [0.15, 0.2) is 12.7 Å². The Morgan fingerprint density at radius 3 is 2.44 bits per heavy atom. The molecule has 18 heavy (non-hydrogen) atoms. The first kappa shape index (κ1) is 17.1. The van der Waals surface area contributed by atoms with Crippen molar-refractivity contribution in [3.8, 4) is 0 Å². The summed E-state index contributed by atoms with van der Waals surface area (Å²) < 4.78 is 0. The first-order valence-corrected chi connectivity index (χ1v) is 7.05. The molecule has 0 unspecified atom stereocenters. The minimum atomic E-state index is -0.162. The van der Waals surface area contributed by atoms with Crippen molar-refractivity contribution in [3.05, 3.63) is 17.9 Å². The number of hydrazine groups is 1. The van der Waals surface area contributed by atoms with Gasteiger partial charge in [-0.05, 0) is 25.7 Å². The minimum Gasteiger partial charge on any atom is -0.767 e. The second kappa shape index (κ2) is 12.6. The molecule has 0 aromatic rings. The Morgan fingerprint density at radius 2 is 1.83 bits per heavy atom. The van der Waals surface area contributed by atoms with E-state index in [0.717, 1.165) is 25.7 Å². The van der Waals surface area contributed by atoms with Gasteiger partial charge in [-0.25, -0.2) is 0 Å². The average Bonchev–Trinajstić information content (AvgIpc) is 2.32. The first-order chi connectivity index (χ1) is 8.70. The lowest BCUT2D eigenvalue weighted by molar-refractivity contribution is -0.124. The van der Waals surface area contributed by atoms with E-state index < -0.39 is 0 Å². The monoisotopic (exact) mass is 255 g/mol. The number of unbranched alkanes of at least 4 members (excludes halogenated alkanes) is 6. The molecule has 4 heteroatoms. The molecule has 0 heterocycles. The maximum atomic E-state index is 11.3. The Morgan fingerprint density at radius 1 is 1.22 bits per heavy atom. The van der Waals surface area contributed by atoms with Crippen LogP contribution in [-0.2, 0) is 4.79 Å². The Labute approximate surface area is 111 Å². The Bertz CT molecular complexity index is 220. The van der Waals surface area contributed by atoms with E-state index in [4.69, 9.17) is 0 Å². The van der Waals surface area contributed by atoms with Crippen LogP contribution >= 0.6 is 0 Å². The second-order valence-corrected chi connectivity index (χ2v) is 4.59. The number of hydrogen-bond acceptors (Lipinski definition) is 3. The van der Waals surface area contributed by atoms with Crippen LogP contribution in [-0.4, -0.2) is 17.6 Å². The minimum absolute atomic E-state index is 0.162. The van der Waals surface area contributed by atoms with Crippen LogP contribution in [0, 0.1) is 5.21 Å². The van der Waals surface area contributed by atoms with Gasteiger partial charge in [0, 0.05) is 13.0 Å². The van der Waals surface area contributed by atoms with Crippen molar-refractivity contribution in [1.29, 1.82) is 0 Å². The molecular formula is C14H27N2O2-. The third kappa shape index (κ3) is 11.6. The smallest absolute Gasteiger partial charge is 0.233 e. The van der Waals surface area contributed by atoms with Crippen LogP contribution in [0.1, 0.15) is 64.7 Å². The Kier molecular flexibility index (Phi) is 12.0. The molecule has 0 bridgehead atoms. The van der Waals surface area contributed by atoms with Crippen LogP contribution in [0.25, 0.3) is 0 Å². The summed E-state index contributed by atoms with van der Waals surface area (Å²) in [5, 5.41) is 11.7. The molecule has 106 valence electrons. The molecule has 0 aliphatic heterocycles. The number of amides is 1. The van der Waals surface area contributed by atoms with E-state index in [0.29, 0.717) is 18.1 Å². The fourth-order valence-corrected chi connectivity index (χ4v) is 1.74. The maximum absolute atomic E-state index is 11.3. The number of nitrogens with zero attached hydrogens (tertiary/aromatic N) is 1. The highest BCUT2D eigenvalue weighted by molar-refractivity contribution is 5.75. The van der Waals surface area contributed by atoms with Crippen LogP contribution in [0.4, 0.5) is 0 Å². The second-order valence-electron chi connectivity index (χ2n) is 4.59. The molecule has 0 saturated carbocycles. The zero-order valence-corrected chi connectivity index (χ0v) is 11.6. The van der Waals surface area contributed by atoms with Gasteiger partial charge in [-0.2, -0.15) is 0 Å². The lowest BCUT2D eigenvalue weighted by Gasteiger charge is -2.27. The molecule has 0 aromatic carbocycles. The number of rotatable bonds is 12. The summed E-state index contributed by atoms with van der Waals surface area (Å²) in [5.41, 5.74) is 2.33. The van der Waals surface area contributed by atoms with Gasteiger partial charge in [0.25, 0.3) is 0 Å². The van der Waals surface area contributed by atoms with Crippen molar-refractivity contribution in [2.24, 2.45) is 0 Å². The van der Waals surface area contributed by atoms with Crippen LogP contribution < -0.4 is 5.43 Å². The average molecular weight is 255 g/mol. The Balaban J connectivity index is 3.27. The number of hydrogen-bond donors (Lipinski definition) is 1. The van der Waals surface area contributed by atoms with Gasteiger partial charge >= 0.3 is 0 Å². The summed E-state index contributed by atoms with van der Waals surface area (Å²) >= 11 is 0. The van der Waals surface area contributed by atoms with Gasteiger partial charge in [-0.15, -0.1) is 6.58 Å². The number of carbonyl (C=O) groups is 1. The lowest BCUT2D eigenvalue weighted by atomic mass is 10.1. The molecule has 0 aliphatic rings. The van der Waals surface area contributed by atoms with Gasteiger partial charge in [0.2, 0.25) is 5.91 Å². The maximum Gasteiger partial charge on any atom is 0.233 e. The summed E-state index contributed by atoms with van der Waals surface area (Å²) in [6, 6.07) is 0. The molecule has 0 rings (SSSR count). The summed E-state index contributed by atoms with van der Waals surface area (Å²) in [4.78, 5) is 11.3. The lowest BCUT2D eigenvalue weighted by Crippen LogP contribution is -2.38. The highest BCUT2D eigenvalue weighted by atomic mass is 16.5. The molecule has 0 spiro atoms. The predicted molar refractivity (Wildman–Crippen MR) is 75.6 cm³/mol. The van der Waals surface area contributed by atoms with Crippen LogP contribution in [0.2, 0.25) is 0 Å². The largest absolute Gasteiger partial charge is 0.767 e. The highest BCUT2D eigenvalue weighted by Gasteiger charge is 2.01. The van der Waals surface area contributed by atoms with E-state index in [1.54, 1.807) is 0 Å². The summed E-state index contributed by atoms with van der Waals surface area (Å²) in [7, 11) is 0. The van der Waals surface area contributed by atoms with Crippen LogP contribution in [0.3, 0.4) is 0 Å². The van der Waals surface area contributed by atoms with E-state index in [9.17, 15) is 10.0 Å². The molecule has 0 atom stereocenters. The molecule has 0 radical (unpaired) electrons. The van der Waals surface area contributed by atoms with Crippen LogP contribution in [0.5, 0.6) is 0 Å². The zero-order valence-electron chi connectivity index (χ0n) is 11.6. The molecule has 0 saturated heterocycles. The topological polar surface area (TPSA) is 55.4 Å². The van der Waals surface area contributed by atoms with Crippen molar-refractivity contribution in [3.63, 3.8) is 0 Å². The van der Waals surface area contributed by atoms with Crippen molar-refractivity contribution < 1.29 is 4.79 Å². The van der Waals surface area contributed by atoms with Crippen molar-refractivity contribution in [2.75, 3.05) is 6.54 Å². The molecule has 1 amide bonds. The number of nitrogens with one attached hydrogen (secondary N) is 1. The van der Waals surface area contributed by atoms with E-state index in [1.165, 1.54) is 25.7 Å². The van der Waals surface area contributed by atoms with Gasteiger partial charge in [0.15, 0.2) is 0 Å². The normalized spacial score (nSPS) is 10.6. The molecular weight excluding hydrogens is 228 g/mol. The number of allylic oxidation sites excluding steroid dienone is 1. The zero-order chi connectivity index (χ0) is 13.6. The SMILES string of the molecule is C=CCCCCCCCCC(=O)NN([O-])CCC. The van der Waals surface area contributed by atoms with Gasteiger partial charge in [0.05, 0.1) is 0 Å². The van der Waals surface area contributed by atoms with E-state index in [-0.39, 0.29) is 5.91 Å². The Hall–Kier alpha value is -0.870. The quantitative estimate of drug-likeness (QED) is 0.330. The summed E-state index contributed by atoms with van der Waals surface area (Å²) in [6.07, 6.45) is 11.0. The highest BCUT2D eigenvalue weighted by Crippen LogP contribution is 2.08. The van der Waals surface area contributed by atoms with Gasteiger partial charge in [-0.1, -0.05) is 38.7 Å². The molecule has 0 aromatic heterocycles. The van der Waals surface area contributed by atoms with E-state index >= 15 is 0 Å². The molecule has 0 aliphatic carbocycles. The predicted octanol–water partition coefficient (Wildman–Crippen LogP) is 3.53. The van der Waals surface area contributed by atoms with Gasteiger partial charge in [-0.3, -0.25) is 9.97 Å². The van der Waals surface area contributed by atoms with Gasteiger partial charge in [0.1, 0.15) is 0 Å². The van der Waals surface area contributed by atoms with Gasteiger partial charge < -0.3 is 10.6 Å². The number of carbonyl (C=O) groups excluding carboxylic acids is 1. The third-order valence-corrected chi connectivity index (χ3v) is 2.74.